The summed E-state index contributed by atoms with van der Waals surface area (Å²) in [6, 6.07) is 7.67. The minimum atomic E-state index is -1.73. The van der Waals surface area contributed by atoms with E-state index in [9.17, 15) is 44.4 Å². The molecule has 0 fully saturated rings. The molecule has 1 unspecified atom stereocenters. The lowest BCUT2D eigenvalue weighted by Gasteiger charge is -2.49. The second-order valence-corrected chi connectivity index (χ2v) is 11.3. The molecule has 0 saturated heterocycles. The number of benzene rings is 2. The van der Waals surface area contributed by atoms with Crippen molar-refractivity contribution in [2.45, 2.75) is 52.1 Å². The number of hydrogen-bond donors (Lipinski definition) is 7. The zero-order valence-corrected chi connectivity index (χ0v) is 26.3. The van der Waals surface area contributed by atoms with Crippen molar-refractivity contribution in [1.82, 2.24) is 16.0 Å². The van der Waals surface area contributed by atoms with Crippen LogP contribution in [0.15, 0.2) is 47.9 Å². The molecule has 47 heavy (non-hydrogen) atoms. The highest BCUT2D eigenvalue weighted by Crippen LogP contribution is 2.53. The van der Waals surface area contributed by atoms with Gasteiger partial charge in [0.1, 0.15) is 5.75 Å². The predicted octanol–water partition coefficient (Wildman–Crippen LogP) is 1.83. The molecule has 2 aromatic rings. The van der Waals surface area contributed by atoms with Crippen molar-refractivity contribution in [3.05, 3.63) is 64.6 Å². The number of carboxylic acids is 1. The van der Waals surface area contributed by atoms with E-state index in [2.05, 4.69) is 16.0 Å². The van der Waals surface area contributed by atoms with Crippen LogP contribution in [0.4, 0.5) is 5.69 Å². The Morgan fingerprint density at radius 3 is 2.11 bits per heavy atom. The van der Waals surface area contributed by atoms with Crippen LogP contribution in [0.1, 0.15) is 50.3 Å². The first-order valence-corrected chi connectivity index (χ1v) is 15.0. The minimum Gasteiger partial charge on any atom is -0.504 e. The number of carboxylic acid groups (broad SMARTS) is 1. The van der Waals surface area contributed by atoms with Gasteiger partial charge in [0.15, 0.2) is 22.9 Å². The maximum Gasteiger partial charge on any atom is 0.305 e. The average molecular weight is 651 g/mol. The Hall–Kier alpha value is -5.53. The Kier molecular flexibility index (Phi) is 10.4. The Labute approximate surface area is 270 Å². The quantitative estimate of drug-likeness (QED) is 0.155. The van der Waals surface area contributed by atoms with Crippen LogP contribution in [0.3, 0.4) is 0 Å². The molecule has 1 atom stereocenters. The lowest BCUT2D eigenvalue weighted by Crippen LogP contribution is -2.54. The van der Waals surface area contributed by atoms with Crippen LogP contribution in [0.5, 0.6) is 17.2 Å². The van der Waals surface area contributed by atoms with Gasteiger partial charge >= 0.3 is 5.97 Å². The first kappa shape index (κ1) is 34.3. The number of aliphatic hydroxyl groups is 1. The number of aliphatic carboxylic acids is 1. The van der Waals surface area contributed by atoms with Gasteiger partial charge in [-0.2, -0.15) is 0 Å². The van der Waals surface area contributed by atoms with E-state index in [1.165, 1.54) is 39.0 Å². The zero-order valence-electron chi connectivity index (χ0n) is 26.3. The largest absolute Gasteiger partial charge is 0.504 e. The van der Waals surface area contributed by atoms with Gasteiger partial charge in [0.2, 0.25) is 23.5 Å². The van der Waals surface area contributed by atoms with Crippen molar-refractivity contribution >= 4 is 40.7 Å². The highest BCUT2D eigenvalue weighted by atomic mass is 16.5. The summed E-state index contributed by atoms with van der Waals surface area (Å²) < 4.78 is 6.78. The fourth-order valence-corrected chi connectivity index (χ4v) is 5.81. The molecule has 14 nitrogen and oxygen atoms in total. The lowest BCUT2D eigenvalue weighted by molar-refractivity contribution is -0.136. The van der Waals surface area contributed by atoms with Gasteiger partial charge in [-0.3, -0.25) is 24.0 Å². The molecule has 0 radical (unpaired) electrons. The molecule has 14 heteroatoms. The number of ether oxygens (including phenoxy) is 1. The molecule has 2 aromatic carbocycles. The Morgan fingerprint density at radius 2 is 1.47 bits per heavy atom. The second-order valence-electron chi connectivity index (χ2n) is 11.3. The summed E-state index contributed by atoms with van der Waals surface area (Å²) >= 11 is 0. The monoisotopic (exact) mass is 650 g/mol. The number of fused-ring (bicyclic) bond motifs is 2. The van der Waals surface area contributed by atoms with Crippen molar-refractivity contribution < 1.29 is 49.1 Å². The standard InChI is InChI=1S/C33H38N4O10/c1-18(38)34-10-6-21-4-5-24-28(14-21)47-33(9-12-36-20(3)40)29(37(24)13-8-30(44)45)17-27(43)32(46)31(33)23-16-26(42)25(41)15-22(23)7-11-35-19(2)39/h4-5,14-17,41-42,46H,6-13H2,1-3H3,(H,34,38)(H,35,39)(H,36,40)(H,44,45). The predicted molar refractivity (Wildman–Crippen MR) is 170 cm³/mol. The number of rotatable bonds is 13. The van der Waals surface area contributed by atoms with Crippen LogP contribution in [0.2, 0.25) is 0 Å². The molecule has 250 valence electrons. The number of nitrogens with one attached hydrogen (secondary N) is 3. The molecule has 0 bridgehead atoms. The van der Waals surface area contributed by atoms with Gasteiger partial charge in [0, 0.05) is 59.4 Å². The fourth-order valence-electron chi connectivity index (χ4n) is 5.81. The molecular formula is C33H38N4O10. The summed E-state index contributed by atoms with van der Waals surface area (Å²) in [4.78, 5) is 61.9. The van der Waals surface area contributed by atoms with Crippen LogP contribution in [0, 0.1) is 0 Å². The molecular weight excluding hydrogens is 612 g/mol. The van der Waals surface area contributed by atoms with E-state index in [1.807, 2.05) is 0 Å². The molecule has 4 rings (SSSR count). The van der Waals surface area contributed by atoms with Gasteiger partial charge in [-0.05, 0) is 53.8 Å². The second kappa shape index (κ2) is 14.3. The minimum absolute atomic E-state index is 0.00669. The number of ketones is 1. The molecule has 1 aliphatic carbocycles. The van der Waals surface area contributed by atoms with E-state index in [0.717, 1.165) is 5.56 Å². The van der Waals surface area contributed by atoms with Gasteiger partial charge in [-0.1, -0.05) is 6.07 Å². The van der Waals surface area contributed by atoms with E-state index >= 15 is 0 Å². The lowest BCUT2D eigenvalue weighted by atomic mass is 9.74. The molecule has 0 aromatic heterocycles. The Balaban J connectivity index is 1.97. The van der Waals surface area contributed by atoms with Crippen LogP contribution >= 0.6 is 0 Å². The summed E-state index contributed by atoms with van der Waals surface area (Å²) in [5.74, 6) is -4.24. The SMILES string of the molecule is CC(=O)NCCc1ccc2c(c1)OC1(CCNC(C)=O)C(=CC(=O)C(O)=C1c1cc(O)c(O)cc1CCNC(C)=O)N2CCC(=O)O. The van der Waals surface area contributed by atoms with Gasteiger partial charge in [0.25, 0.3) is 0 Å². The van der Waals surface area contributed by atoms with Crippen molar-refractivity contribution in [1.29, 1.82) is 0 Å². The average Bonchev–Trinajstić information content (AvgIpc) is 2.98. The van der Waals surface area contributed by atoms with E-state index in [-0.39, 0.29) is 79.2 Å². The first-order chi connectivity index (χ1) is 22.2. The van der Waals surface area contributed by atoms with Crippen molar-refractivity contribution in [3.8, 4) is 17.2 Å². The highest BCUT2D eigenvalue weighted by molar-refractivity contribution is 6.13. The fraction of sp³-hybridized carbons (Fsp3) is 0.364. The Bertz CT molecular complexity index is 1680. The number of nitrogens with zero attached hydrogens (tertiary/aromatic N) is 1. The van der Waals surface area contributed by atoms with Gasteiger partial charge in [-0.15, -0.1) is 0 Å². The third-order valence-corrected chi connectivity index (χ3v) is 7.87. The summed E-state index contributed by atoms with van der Waals surface area (Å²) in [7, 11) is 0. The number of anilines is 1. The topological polar surface area (TPSA) is 215 Å². The number of allylic oxidation sites excluding steroid dienone is 1. The van der Waals surface area contributed by atoms with Crippen LogP contribution in [-0.2, 0) is 36.8 Å². The summed E-state index contributed by atoms with van der Waals surface area (Å²) in [5, 5.41) is 50.3. The number of phenolic OH excluding ortho intramolecular Hbond substituents is 2. The summed E-state index contributed by atoms with van der Waals surface area (Å²) in [6.45, 7) is 4.40. The summed E-state index contributed by atoms with van der Waals surface area (Å²) in [5.41, 5.74) is 0.0826. The Morgan fingerprint density at radius 1 is 0.851 bits per heavy atom. The number of aromatic hydroxyl groups is 2. The normalized spacial score (nSPS) is 16.8. The van der Waals surface area contributed by atoms with Crippen LogP contribution in [0.25, 0.3) is 5.57 Å². The number of amides is 3. The number of carbonyl (C=O) groups is 5. The number of phenols is 2. The summed E-state index contributed by atoms with van der Waals surface area (Å²) in [6.07, 6.45) is 1.32. The highest BCUT2D eigenvalue weighted by Gasteiger charge is 2.53. The van der Waals surface area contributed by atoms with Crippen molar-refractivity contribution in [2.24, 2.45) is 0 Å². The molecule has 1 heterocycles. The van der Waals surface area contributed by atoms with Crippen molar-refractivity contribution in [3.63, 3.8) is 0 Å². The van der Waals surface area contributed by atoms with Gasteiger partial charge < -0.3 is 46.0 Å². The third kappa shape index (κ3) is 7.65. The number of carbonyl (C=O) groups excluding carboxylic acids is 4. The molecule has 7 N–H and O–H groups in total. The zero-order chi connectivity index (χ0) is 34.5. The molecule has 0 spiro atoms. The van der Waals surface area contributed by atoms with E-state index in [4.69, 9.17) is 4.74 Å². The van der Waals surface area contributed by atoms with Crippen LogP contribution in [-0.4, -0.2) is 81.7 Å². The molecule has 3 amide bonds. The third-order valence-electron chi connectivity index (χ3n) is 7.87. The van der Waals surface area contributed by atoms with E-state index < -0.39 is 34.6 Å². The smallest absolute Gasteiger partial charge is 0.305 e. The molecule has 0 saturated carbocycles. The number of aliphatic hydroxyl groups excluding tert-OH is 1. The van der Waals surface area contributed by atoms with E-state index in [1.54, 1.807) is 23.1 Å². The van der Waals surface area contributed by atoms with Gasteiger partial charge in [-0.25, -0.2) is 0 Å². The first-order valence-electron chi connectivity index (χ1n) is 15.0. The van der Waals surface area contributed by atoms with Gasteiger partial charge in [0.05, 0.1) is 23.4 Å². The van der Waals surface area contributed by atoms with Crippen LogP contribution < -0.4 is 25.6 Å². The number of hydrogen-bond acceptors (Lipinski definition) is 10. The molecule has 1 aliphatic heterocycles. The van der Waals surface area contributed by atoms with E-state index in [0.29, 0.717) is 24.2 Å². The molecule has 2 aliphatic rings. The maximum absolute atomic E-state index is 13.5. The maximum atomic E-state index is 13.5. The van der Waals surface area contributed by atoms with Crippen molar-refractivity contribution in [2.75, 3.05) is 31.1 Å².